The number of aliphatic carboxylic acids is 1. The summed E-state index contributed by atoms with van der Waals surface area (Å²) in [6.07, 6.45) is 0.474. The van der Waals surface area contributed by atoms with Gasteiger partial charge in [-0.25, -0.2) is 0 Å². The Morgan fingerprint density at radius 2 is 2.19 bits per heavy atom. The molecule has 1 N–H and O–H groups in total. The van der Waals surface area contributed by atoms with Crippen molar-refractivity contribution in [3.63, 3.8) is 0 Å². The maximum atomic E-state index is 11.4. The number of rotatable bonds is 5. The van der Waals surface area contributed by atoms with Crippen LogP contribution in [0.15, 0.2) is 24.3 Å². The Balaban J connectivity index is 3.06. The number of methoxy groups -OCH3 is 1. The molecular formula is C13H18O3. The van der Waals surface area contributed by atoms with E-state index in [1.54, 1.807) is 14.0 Å². The third-order valence-corrected chi connectivity index (χ3v) is 2.93. The van der Waals surface area contributed by atoms with Gasteiger partial charge in [-0.2, -0.15) is 0 Å². The van der Waals surface area contributed by atoms with Crippen molar-refractivity contribution in [1.82, 2.24) is 0 Å². The van der Waals surface area contributed by atoms with Crippen LogP contribution in [-0.2, 0) is 14.9 Å². The fraction of sp³-hybridized carbons (Fsp3) is 0.462. The molecule has 0 bridgehead atoms. The number of hydrogen-bond donors (Lipinski definition) is 1. The van der Waals surface area contributed by atoms with E-state index < -0.39 is 11.4 Å². The van der Waals surface area contributed by atoms with Gasteiger partial charge in [0.1, 0.15) is 0 Å². The third-order valence-electron chi connectivity index (χ3n) is 2.93. The van der Waals surface area contributed by atoms with E-state index in [0.29, 0.717) is 13.0 Å². The summed E-state index contributed by atoms with van der Waals surface area (Å²) in [4.78, 5) is 11.4. The van der Waals surface area contributed by atoms with Crippen molar-refractivity contribution in [2.24, 2.45) is 0 Å². The Bertz CT molecular complexity index is 373. The molecular weight excluding hydrogens is 204 g/mol. The second-order valence-corrected chi connectivity index (χ2v) is 4.25. The van der Waals surface area contributed by atoms with Gasteiger partial charge in [-0.1, -0.05) is 29.8 Å². The van der Waals surface area contributed by atoms with E-state index >= 15 is 0 Å². The Morgan fingerprint density at radius 3 is 2.69 bits per heavy atom. The van der Waals surface area contributed by atoms with Gasteiger partial charge in [-0.05, 0) is 25.8 Å². The van der Waals surface area contributed by atoms with Gasteiger partial charge in [0.2, 0.25) is 0 Å². The number of aryl methyl sites for hydroxylation is 1. The van der Waals surface area contributed by atoms with Crippen LogP contribution in [0, 0.1) is 6.92 Å². The minimum Gasteiger partial charge on any atom is -0.481 e. The van der Waals surface area contributed by atoms with Gasteiger partial charge in [0.05, 0.1) is 5.41 Å². The molecule has 1 rings (SSSR count). The standard InChI is InChI=1S/C13H18O3/c1-10-5-4-6-11(9-10)13(2,12(14)15)7-8-16-3/h4-6,9H,7-8H2,1-3H3,(H,14,15). The molecule has 3 nitrogen and oxygen atoms in total. The molecule has 0 aliphatic rings. The summed E-state index contributed by atoms with van der Waals surface area (Å²) in [6.45, 7) is 4.14. The van der Waals surface area contributed by atoms with E-state index in [4.69, 9.17) is 4.74 Å². The fourth-order valence-electron chi connectivity index (χ4n) is 1.67. The number of carboxylic acid groups (broad SMARTS) is 1. The van der Waals surface area contributed by atoms with Crippen molar-refractivity contribution < 1.29 is 14.6 Å². The van der Waals surface area contributed by atoms with Crippen LogP contribution in [0.4, 0.5) is 0 Å². The fourth-order valence-corrected chi connectivity index (χ4v) is 1.67. The second kappa shape index (κ2) is 5.12. The van der Waals surface area contributed by atoms with Crippen molar-refractivity contribution >= 4 is 5.97 Å². The van der Waals surface area contributed by atoms with Gasteiger partial charge in [0.15, 0.2) is 0 Å². The first-order chi connectivity index (χ1) is 7.50. The predicted molar refractivity (Wildman–Crippen MR) is 62.7 cm³/mol. The van der Waals surface area contributed by atoms with E-state index in [2.05, 4.69) is 0 Å². The molecule has 0 aliphatic heterocycles. The minimum atomic E-state index is -0.873. The molecule has 1 aromatic rings. The van der Waals surface area contributed by atoms with Crippen LogP contribution in [0.25, 0.3) is 0 Å². The number of hydrogen-bond acceptors (Lipinski definition) is 2. The molecule has 0 aliphatic carbocycles. The first kappa shape index (κ1) is 12.7. The van der Waals surface area contributed by atoms with E-state index in [-0.39, 0.29) is 0 Å². The highest BCUT2D eigenvalue weighted by Gasteiger charge is 2.34. The molecule has 0 saturated heterocycles. The molecule has 1 unspecified atom stereocenters. The number of ether oxygens (including phenoxy) is 1. The first-order valence-electron chi connectivity index (χ1n) is 5.30. The van der Waals surface area contributed by atoms with Crippen molar-refractivity contribution in [3.8, 4) is 0 Å². The van der Waals surface area contributed by atoms with Crippen molar-refractivity contribution in [2.45, 2.75) is 25.7 Å². The lowest BCUT2D eigenvalue weighted by Crippen LogP contribution is -2.33. The summed E-state index contributed by atoms with van der Waals surface area (Å²) in [7, 11) is 1.58. The van der Waals surface area contributed by atoms with Crippen LogP contribution in [-0.4, -0.2) is 24.8 Å². The Hall–Kier alpha value is -1.35. The van der Waals surface area contributed by atoms with Crippen LogP contribution in [0.2, 0.25) is 0 Å². The summed E-state index contributed by atoms with van der Waals surface area (Å²) in [6, 6.07) is 7.63. The van der Waals surface area contributed by atoms with Gasteiger partial charge >= 0.3 is 5.97 Å². The molecule has 0 saturated carbocycles. The summed E-state index contributed by atoms with van der Waals surface area (Å²) in [5.74, 6) is -0.810. The normalized spacial score (nSPS) is 14.4. The Labute approximate surface area is 96.1 Å². The average molecular weight is 222 g/mol. The van der Waals surface area contributed by atoms with Gasteiger partial charge in [-0.15, -0.1) is 0 Å². The lowest BCUT2D eigenvalue weighted by Gasteiger charge is -2.25. The zero-order valence-corrected chi connectivity index (χ0v) is 9.99. The molecule has 88 valence electrons. The van der Waals surface area contributed by atoms with Crippen LogP contribution < -0.4 is 0 Å². The zero-order chi connectivity index (χ0) is 12.2. The highest BCUT2D eigenvalue weighted by molar-refractivity contribution is 5.80. The number of carbonyl (C=O) groups is 1. The molecule has 0 fully saturated rings. The monoisotopic (exact) mass is 222 g/mol. The Morgan fingerprint density at radius 1 is 1.50 bits per heavy atom. The van der Waals surface area contributed by atoms with Crippen molar-refractivity contribution in [3.05, 3.63) is 35.4 Å². The lowest BCUT2D eigenvalue weighted by atomic mass is 9.79. The maximum absolute atomic E-state index is 11.4. The molecule has 0 heterocycles. The summed E-state index contributed by atoms with van der Waals surface area (Å²) in [5, 5.41) is 9.35. The van der Waals surface area contributed by atoms with Gasteiger partial charge < -0.3 is 9.84 Å². The SMILES string of the molecule is COCCC(C)(C(=O)O)c1cccc(C)c1. The van der Waals surface area contributed by atoms with E-state index in [1.165, 1.54) is 0 Å². The minimum absolute atomic E-state index is 0.441. The van der Waals surface area contributed by atoms with E-state index in [0.717, 1.165) is 11.1 Å². The highest BCUT2D eigenvalue weighted by atomic mass is 16.5. The van der Waals surface area contributed by atoms with E-state index in [9.17, 15) is 9.90 Å². The quantitative estimate of drug-likeness (QED) is 0.832. The van der Waals surface area contributed by atoms with Crippen LogP contribution >= 0.6 is 0 Å². The predicted octanol–water partition coefficient (Wildman–Crippen LogP) is 2.37. The smallest absolute Gasteiger partial charge is 0.313 e. The molecule has 1 atom stereocenters. The second-order valence-electron chi connectivity index (χ2n) is 4.25. The molecule has 0 amide bonds. The molecule has 16 heavy (non-hydrogen) atoms. The maximum Gasteiger partial charge on any atom is 0.313 e. The average Bonchev–Trinajstić information content (AvgIpc) is 2.25. The molecule has 0 spiro atoms. The van der Waals surface area contributed by atoms with E-state index in [1.807, 2.05) is 31.2 Å². The van der Waals surface area contributed by atoms with Crippen LogP contribution in [0.1, 0.15) is 24.5 Å². The largest absolute Gasteiger partial charge is 0.481 e. The highest BCUT2D eigenvalue weighted by Crippen LogP contribution is 2.28. The van der Waals surface area contributed by atoms with Gasteiger partial charge in [0, 0.05) is 13.7 Å². The molecule has 0 radical (unpaired) electrons. The third kappa shape index (κ3) is 2.61. The van der Waals surface area contributed by atoms with Crippen molar-refractivity contribution in [2.75, 3.05) is 13.7 Å². The summed E-state index contributed by atoms with van der Waals surface area (Å²) >= 11 is 0. The number of carboxylic acids is 1. The van der Waals surface area contributed by atoms with Crippen LogP contribution in [0.5, 0.6) is 0 Å². The lowest BCUT2D eigenvalue weighted by molar-refractivity contribution is -0.143. The van der Waals surface area contributed by atoms with Gasteiger partial charge in [0.25, 0.3) is 0 Å². The van der Waals surface area contributed by atoms with Gasteiger partial charge in [-0.3, -0.25) is 4.79 Å². The van der Waals surface area contributed by atoms with Crippen molar-refractivity contribution in [1.29, 1.82) is 0 Å². The summed E-state index contributed by atoms with van der Waals surface area (Å²) < 4.78 is 4.98. The molecule has 0 aromatic heterocycles. The zero-order valence-electron chi connectivity index (χ0n) is 9.99. The summed E-state index contributed by atoms with van der Waals surface area (Å²) in [5.41, 5.74) is 1.03. The number of benzene rings is 1. The molecule has 1 aromatic carbocycles. The van der Waals surface area contributed by atoms with Crippen LogP contribution in [0.3, 0.4) is 0 Å². The Kier molecular flexibility index (Phi) is 4.07. The molecule has 3 heteroatoms. The first-order valence-corrected chi connectivity index (χ1v) is 5.30. The topological polar surface area (TPSA) is 46.5 Å².